The lowest BCUT2D eigenvalue weighted by molar-refractivity contribution is -0.121. The maximum absolute atomic E-state index is 12.7. The number of nitrogens with zero attached hydrogens (tertiary/aromatic N) is 2. The van der Waals surface area contributed by atoms with Crippen LogP contribution in [0, 0.1) is 13.8 Å². The second-order valence-corrected chi connectivity index (χ2v) is 7.70. The maximum Gasteiger partial charge on any atom is 0.253 e. The number of para-hydroxylation sites is 1. The zero-order valence-electron chi connectivity index (χ0n) is 16.5. The number of anilines is 1. The van der Waals surface area contributed by atoms with Crippen molar-refractivity contribution in [3.05, 3.63) is 64.2 Å². The lowest BCUT2D eigenvalue weighted by Gasteiger charge is -2.37. The molecule has 6 heteroatoms. The van der Waals surface area contributed by atoms with Crippen LogP contribution in [0.15, 0.2) is 42.5 Å². The number of carbonyl (C=O) groups excluding carboxylic acids is 2. The monoisotopic (exact) mass is 399 g/mol. The summed E-state index contributed by atoms with van der Waals surface area (Å²) in [5.41, 5.74) is 3.63. The molecule has 1 heterocycles. The molecule has 1 aliphatic heterocycles. The van der Waals surface area contributed by atoms with E-state index in [1.807, 2.05) is 43.9 Å². The van der Waals surface area contributed by atoms with Gasteiger partial charge in [-0.1, -0.05) is 29.8 Å². The molecule has 2 aromatic carbocycles. The van der Waals surface area contributed by atoms with Crippen LogP contribution in [0.2, 0.25) is 5.02 Å². The predicted molar refractivity (Wildman–Crippen MR) is 113 cm³/mol. The van der Waals surface area contributed by atoms with Crippen molar-refractivity contribution in [2.75, 3.05) is 31.5 Å². The van der Waals surface area contributed by atoms with E-state index in [-0.39, 0.29) is 17.9 Å². The average Bonchev–Trinajstić information content (AvgIpc) is 2.70. The molecule has 0 saturated carbocycles. The molecule has 28 heavy (non-hydrogen) atoms. The number of hydrogen-bond acceptors (Lipinski definition) is 3. The van der Waals surface area contributed by atoms with Crippen molar-refractivity contribution < 1.29 is 9.59 Å². The van der Waals surface area contributed by atoms with Gasteiger partial charge >= 0.3 is 0 Å². The minimum Gasteiger partial charge on any atom is -0.336 e. The van der Waals surface area contributed by atoms with Gasteiger partial charge < -0.3 is 10.2 Å². The van der Waals surface area contributed by atoms with Crippen LogP contribution in [0.3, 0.4) is 0 Å². The molecule has 0 bridgehead atoms. The second kappa shape index (κ2) is 8.76. The summed E-state index contributed by atoms with van der Waals surface area (Å²) in [5, 5.41) is 3.68. The Bertz CT molecular complexity index is 838. The molecular weight excluding hydrogens is 374 g/mol. The summed E-state index contributed by atoms with van der Waals surface area (Å²) >= 11 is 5.89. The van der Waals surface area contributed by atoms with Crippen molar-refractivity contribution in [3.63, 3.8) is 0 Å². The van der Waals surface area contributed by atoms with E-state index in [2.05, 4.69) is 10.2 Å². The average molecular weight is 400 g/mol. The molecule has 1 unspecified atom stereocenters. The SMILES string of the molecule is Cc1cccc(C)c1NC(=O)C(C)N1CCN(C(=O)c2ccc(Cl)cc2)CC1. The fourth-order valence-corrected chi connectivity index (χ4v) is 3.62. The predicted octanol–water partition coefficient (Wildman–Crippen LogP) is 3.74. The Balaban J connectivity index is 1.57. The highest BCUT2D eigenvalue weighted by Gasteiger charge is 2.28. The van der Waals surface area contributed by atoms with Gasteiger partial charge in [0.25, 0.3) is 5.91 Å². The first-order valence-corrected chi connectivity index (χ1v) is 9.90. The van der Waals surface area contributed by atoms with Crippen molar-refractivity contribution in [1.82, 2.24) is 9.80 Å². The Morgan fingerprint density at radius 2 is 1.54 bits per heavy atom. The van der Waals surface area contributed by atoms with Crippen LogP contribution in [0.4, 0.5) is 5.69 Å². The number of amides is 2. The summed E-state index contributed by atoms with van der Waals surface area (Å²) in [5.74, 6) is -0.0150. The lowest BCUT2D eigenvalue weighted by Crippen LogP contribution is -2.54. The molecule has 1 fully saturated rings. The number of benzene rings is 2. The molecule has 0 aromatic heterocycles. The number of rotatable bonds is 4. The number of hydrogen-bond donors (Lipinski definition) is 1. The van der Waals surface area contributed by atoms with Gasteiger partial charge in [0.05, 0.1) is 6.04 Å². The standard InChI is InChI=1S/C22H26ClN3O2/c1-15-5-4-6-16(2)20(15)24-21(27)17(3)25-11-13-26(14-12-25)22(28)18-7-9-19(23)10-8-18/h4-10,17H,11-14H2,1-3H3,(H,24,27). The first-order chi connectivity index (χ1) is 13.4. The normalized spacial score (nSPS) is 15.9. The highest BCUT2D eigenvalue weighted by Crippen LogP contribution is 2.20. The van der Waals surface area contributed by atoms with E-state index in [0.717, 1.165) is 16.8 Å². The van der Waals surface area contributed by atoms with Gasteiger partial charge in [0.15, 0.2) is 0 Å². The Hall–Kier alpha value is -2.37. The van der Waals surface area contributed by atoms with E-state index >= 15 is 0 Å². The van der Waals surface area contributed by atoms with E-state index in [1.54, 1.807) is 24.3 Å². The number of carbonyl (C=O) groups is 2. The molecule has 5 nitrogen and oxygen atoms in total. The third-order valence-corrected chi connectivity index (χ3v) is 5.60. The Morgan fingerprint density at radius 1 is 0.964 bits per heavy atom. The highest BCUT2D eigenvalue weighted by molar-refractivity contribution is 6.30. The summed E-state index contributed by atoms with van der Waals surface area (Å²) < 4.78 is 0. The fourth-order valence-electron chi connectivity index (χ4n) is 3.49. The number of nitrogens with one attached hydrogen (secondary N) is 1. The third kappa shape index (κ3) is 4.54. The van der Waals surface area contributed by atoms with Gasteiger partial charge in [-0.05, 0) is 56.2 Å². The smallest absolute Gasteiger partial charge is 0.253 e. The molecular formula is C22H26ClN3O2. The lowest BCUT2D eigenvalue weighted by atomic mass is 10.1. The minimum atomic E-state index is -0.258. The number of piperazine rings is 1. The Morgan fingerprint density at radius 3 is 2.11 bits per heavy atom. The molecule has 1 N–H and O–H groups in total. The first kappa shape index (κ1) is 20.4. The van der Waals surface area contributed by atoms with Crippen LogP contribution in [0.5, 0.6) is 0 Å². The summed E-state index contributed by atoms with van der Waals surface area (Å²) in [6.07, 6.45) is 0. The Kier molecular flexibility index (Phi) is 6.37. The van der Waals surface area contributed by atoms with Gasteiger partial charge in [-0.3, -0.25) is 14.5 Å². The summed E-state index contributed by atoms with van der Waals surface area (Å²) in [6, 6.07) is 12.7. The molecule has 2 amide bonds. The van der Waals surface area contributed by atoms with Crippen LogP contribution < -0.4 is 5.32 Å². The number of aryl methyl sites for hydroxylation is 2. The number of halogens is 1. The van der Waals surface area contributed by atoms with Gasteiger partial charge in [0.1, 0.15) is 0 Å². The zero-order valence-corrected chi connectivity index (χ0v) is 17.3. The van der Waals surface area contributed by atoms with E-state index in [0.29, 0.717) is 36.8 Å². The summed E-state index contributed by atoms with van der Waals surface area (Å²) in [4.78, 5) is 29.3. The van der Waals surface area contributed by atoms with Crippen LogP contribution in [-0.4, -0.2) is 53.8 Å². The largest absolute Gasteiger partial charge is 0.336 e. The van der Waals surface area contributed by atoms with Crippen molar-refractivity contribution in [2.45, 2.75) is 26.8 Å². The maximum atomic E-state index is 12.7. The molecule has 1 atom stereocenters. The van der Waals surface area contributed by atoms with Gasteiger partial charge in [-0.15, -0.1) is 0 Å². The van der Waals surface area contributed by atoms with Crippen LogP contribution in [0.25, 0.3) is 0 Å². The summed E-state index contributed by atoms with van der Waals surface area (Å²) in [7, 11) is 0. The highest BCUT2D eigenvalue weighted by atomic mass is 35.5. The molecule has 0 spiro atoms. The fraction of sp³-hybridized carbons (Fsp3) is 0.364. The molecule has 148 valence electrons. The van der Waals surface area contributed by atoms with Gasteiger partial charge in [-0.2, -0.15) is 0 Å². The zero-order chi connectivity index (χ0) is 20.3. The minimum absolute atomic E-state index is 0.00366. The molecule has 1 saturated heterocycles. The van der Waals surface area contributed by atoms with Crippen LogP contribution in [0.1, 0.15) is 28.4 Å². The van der Waals surface area contributed by atoms with Gasteiger partial charge in [0.2, 0.25) is 5.91 Å². The van der Waals surface area contributed by atoms with Crippen molar-refractivity contribution in [1.29, 1.82) is 0 Å². The topological polar surface area (TPSA) is 52.7 Å². The molecule has 1 aliphatic rings. The van der Waals surface area contributed by atoms with Gasteiger partial charge in [0, 0.05) is 42.5 Å². The molecule has 2 aromatic rings. The third-order valence-electron chi connectivity index (χ3n) is 5.35. The van der Waals surface area contributed by atoms with Gasteiger partial charge in [-0.25, -0.2) is 0 Å². The molecule has 0 radical (unpaired) electrons. The van der Waals surface area contributed by atoms with E-state index < -0.39 is 0 Å². The van der Waals surface area contributed by atoms with Crippen molar-refractivity contribution in [2.24, 2.45) is 0 Å². The van der Waals surface area contributed by atoms with Crippen molar-refractivity contribution >= 4 is 29.1 Å². The molecule has 0 aliphatic carbocycles. The van der Waals surface area contributed by atoms with Crippen LogP contribution in [-0.2, 0) is 4.79 Å². The van der Waals surface area contributed by atoms with Crippen LogP contribution >= 0.6 is 11.6 Å². The van der Waals surface area contributed by atoms with Crippen molar-refractivity contribution in [3.8, 4) is 0 Å². The van der Waals surface area contributed by atoms with E-state index in [4.69, 9.17) is 11.6 Å². The van der Waals surface area contributed by atoms with E-state index in [1.165, 1.54) is 0 Å². The quantitative estimate of drug-likeness (QED) is 0.852. The van der Waals surface area contributed by atoms with E-state index in [9.17, 15) is 9.59 Å². The summed E-state index contributed by atoms with van der Waals surface area (Å²) in [6.45, 7) is 8.44. The molecule has 3 rings (SSSR count). The Labute approximate surface area is 171 Å². The second-order valence-electron chi connectivity index (χ2n) is 7.27. The first-order valence-electron chi connectivity index (χ1n) is 9.53.